The predicted octanol–water partition coefficient (Wildman–Crippen LogP) is 3.95. The summed E-state index contributed by atoms with van der Waals surface area (Å²) in [6, 6.07) is 16.1. The molecule has 0 radical (unpaired) electrons. The maximum absolute atomic E-state index is 13.7. The summed E-state index contributed by atoms with van der Waals surface area (Å²) < 4.78 is 24.4. The molecule has 37 heavy (non-hydrogen) atoms. The second-order valence-corrected chi connectivity index (χ2v) is 8.04. The van der Waals surface area contributed by atoms with Crippen LogP contribution in [0.1, 0.15) is 23.1 Å². The van der Waals surface area contributed by atoms with Gasteiger partial charge in [0.1, 0.15) is 12.2 Å². The largest absolute Gasteiger partial charge is 0.493 e. The molecule has 3 rings (SSSR count). The van der Waals surface area contributed by atoms with E-state index in [1.54, 1.807) is 30.3 Å². The van der Waals surface area contributed by atoms with Gasteiger partial charge >= 0.3 is 0 Å². The van der Waals surface area contributed by atoms with E-state index in [1.807, 2.05) is 26.0 Å². The number of anilines is 2. The predicted molar refractivity (Wildman–Crippen MR) is 138 cm³/mol. The Morgan fingerprint density at radius 2 is 1.68 bits per heavy atom. The first-order chi connectivity index (χ1) is 17.7. The lowest BCUT2D eigenvalue weighted by Crippen LogP contribution is -2.24. The third kappa shape index (κ3) is 8.17. The van der Waals surface area contributed by atoms with Crippen LogP contribution in [0, 0.1) is 19.7 Å². The molecule has 192 valence electrons. The maximum atomic E-state index is 13.7. The maximum Gasteiger partial charge on any atom is 0.262 e. The van der Waals surface area contributed by atoms with Gasteiger partial charge in [-0.15, -0.1) is 0 Å². The number of ether oxygens (including phenoxy) is 2. The molecule has 0 saturated heterocycles. The highest BCUT2D eigenvalue weighted by atomic mass is 19.1. The highest BCUT2D eigenvalue weighted by Gasteiger charge is 2.11. The number of benzene rings is 3. The number of carbonyl (C=O) groups excluding carboxylic acids is 3. The van der Waals surface area contributed by atoms with Gasteiger partial charge in [-0.25, -0.2) is 9.82 Å². The second kappa shape index (κ2) is 12.8. The minimum absolute atomic E-state index is 0.0550. The average Bonchev–Trinajstić information content (AvgIpc) is 2.86. The van der Waals surface area contributed by atoms with Crippen molar-refractivity contribution in [1.29, 1.82) is 0 Å². The summed E-state index contributed by atoms with van der Waals surface area (Å²) in [6.45, 7) is 3.54. The average molecular weight is 507 g/mol. The molecule has 0 heterocycles. The smallest absolute Gasteiger partial charge is 0.262 e. The summed E-state index contributed by atoms with van der Waals surface area (Å²) in [6.07, 6.45) is 0.978. The van der Waals surface area contributed by atoms with Gasteiger partial charge in [0.25, 0.3) is 5.91 Å². The molecule has 3 aromatic carbocycles. The number of hydrogen-bond acceptors (Lipinski definition) is 6. The monoisotopic (exact) mass is 506 g/mol. The SMILES string of the molecule is COc1cc(C=NNC(=O)CC(=O)Nc2ccc(C)c(C)c2)ccc1OCC(=O)Nc1ccccc1F. The first-order valence-electron chi connectivity index (χ1n) is 11.3. The molecule has 0 spiro atoms. The highest BCUT2D eigenvalue weighted by molar-refractivity contribution is 6.03. The van der Waals surface area contributed by atoms with Gasteiger partial charge in [0, 0.05) is 5.69 Å². The van der Waals surface area contributed by atoms with Gasteiger partial charge < -0.3 is 20.1 Å². The Morgan fingerprint density at radius 3 is 2.41 bits per heavy atom. The van der Waals surface area contributed by atoms with E-state index in [4.69, 9.17) is 9.47 Å². The number of carbonyl (C=O) groups is 3. The number of nitrogens with one attached hydrogen (secondary N) is 3. The summed E-state index contributed by atoms with van der Waals surface area (Å²) in [5.74, 6) is -1.52. The number of hydrazone groups is 1. The normalized spacial score (nSPS) is 10.6. The van der Waals surface area contributed by atoms with Gasteiger partial charge in [0.2, 0.25) is 11.8 Å². The zero-order valence-electron chi connectivity index (χ0n) is 20.6. The lowest BCUT2D eigenvalue weighted by atomic mass is 10.1. The summed E-state index contributed by atoms with van der Waals surface area (Å²) in [4.78, 5) is 36.2. The number of nitrogens with zero attached hydrogens (tertiary/aromatic N) is 1. The Labute approximate surface area is 213 Å². The molecule has 3 aromatic rings. The number of amides is 3. The van der Waals surface area contributed by atoms with Crippen molar-refractivity contribution in [2.45, 2.75) is 20.3 Å². The molecule has 0 fully saturated rings. The van der Waals surface area contributed by atoms with Crippen LogP contribution in [-0.2, 0) is 14.4 Å². The minimum Gasteiger partial charge on any atom is -0.493 e. The Balaban J connectivity index is 1.49. The molecule has 0 unspecified atom stereocenters. The summed E-state index contributed by atoms with van der Waals surface area (Å²) in [7, 11) is 1.43. The molecule has 0 aliphatic rings. The molecule has 10 heteroatoms. The number of rotatable bonds is 10. The molecular weight excluding hydrogens is 479 g/mol. The lowest BCUT2D eigenvalue weighted by molar-refractivity contribution is -0.126. The number of aryl methyl sites for hydroxylation is 2. The van der Waals surface area contributed by atoms with Gasteiger partial charge in [0.05, 0.1) is 19.0 Å². The van der Waals surface area contributed by atoms with Crippen molar-refractivity contribution in [1.82, 2.24) is 5.43 Å². The van der Waals surface area contributed by atoms with Gasteiger partial charge in [0.15, 0.2) is 18.1 Å². The fourth-order valence-electron chi connectivity index (χ4n) is 3.16. The Kier molecular flexibility index (Phi) is 9.31. The van der Waals surface area contributed by atoms with Crippen molar-refractivity contribution >= 4 is 35.3 Å². The van der Waals surface area contributed by atoms with Crippen molar-refractivity contribution in [3.8, 4) is 11.5 Å². The number of hydrogen-bond donors (Lipinski definition) is 3. The van der Waals surface area contributed by atoms with E-state index in [-0.39, 0.29) is 18.0 Å². The Morgan fingerprint density at radius 1 is 0.892 bits per heavy atom. The van der Waals surface area contributed by atoms with E-state index in [1.165, 1.54) is 31.5 Å². The zero-order chi connectivity index (χ0) is 26.8. The summed E-state index contributed by atoms with van der Waals surface area (Å²) >= 11 is 0. The van der Waals surface area contributed by atoms with Crippen LogP contribution in [0.15, 0.2) is 65.8 Å². The minimum atomic E-state index is -0.578. The standard InChI is InChI=1S/C27H27FN4O5/c1-17-8-10-20(12-18(17)2)30-25(33)14-26(34)32-29-15-19-9-11-23(24(13-19)36-3)37-16-27(35)31-22-7-5-4-6-21(22)28/h4-13,15H,14,16H2,1-3H3,(H,30,33)(H,31,35)(H,32,34). The van der Waals surface area contributed by atoms with Gasteiger partial charge in [-0.05, 0) is 73.0 Å². The molecule has 0 aliphatic carbocycles. The van der Waals surface area contributed by atoms with E-state index in [0.717, 1.165) is 11.1 Å². The van der Waals surface area contributed by atoms with Crippen LogP contribution in [0.2, 0.25) is 0 Å². The Hall–Kier alpha value is -4.73. The van der Waals surface area contributed by atoms with Gasteiger partial charge in [-0.3, -0.25) is 14.4 Å². The molecule has 3 N–H and O–H groups in total. The van der Waals surface area contributed by atoms with Crippen LogP contribution < -0.4 is 25.5 Å². The van der Waals surface area contributed by atoms with E-state index in [9.17, 15) is 18.8 Å². The van der Waals surface area contributed by atoms with Crippen molar-refractivity contribution in [3.05, 3.63) is 83.2 Å². The lowest BCUT2D eigenvalue weighted by Gasteiger charge is -2.11. The van der Waals surface area contributed by atoms with Crippen molar-refractivity contribution in [2.24, 2.45) is 5.10 Å². The fourth-order valence-corrected chi connectivity index (χ4v) is 3.16. The van der Waals surface area contributed by atoms with Crippen LogP contribution in [0.4, 0.5) is 15.8 Å². The molecule has 0 saturated carbocycles. The molecule has 0 atom stereocenters. The van der Waals surface area contributed by atoms with Crippen LogP contribution >= 0.6 is 0 Å². The molecule has 9 nitrogen and oxygen atoms in total. The van der Waals surface area contributed by atoms with Crippen molar-refractivity contribution < 1.29 is 28.2 Å². The molecule has 0 bridgehead atoms. The number of methoxy groups -OCH3 is 1. The van der Waals surface area contributed by atoms with Crippen LogP contribution in [0.3, 0.4) is 0 Å². The highest BCUT2D eigenvalue weighted by Crippen LogP contribution is 2.27. The third-order valence-corrected chi connectivity index (χ3v) is 5.21. The Bertz CT molecular complexity index is 1330. The third-order valence-electron chi connectivity index (χ3n) is 5.21. The molecule has 3 amide bonds. The quantitative estimate of drug-likeness (QED) is 0.219. The number of para-hydroxylation sites is 1. The molecular formula is C27H27FN4O5. The van der Waals surface area contributed by atoms with E-state index < -0.39 is 30.0 Å². The van der Waals surface area contributed by atoms with Crippen LogP contribution in [0.5, 0.6) is 11.5 Å². The van der Waals surface area contributed by atoms with Gasteiger partial charge in [-0.1, -0.05) is 18.2 Å². The topological polar surface area (TPSA) is 118 Å². The summed E-state index contributed by atoms with van der Waals surface area (Å²) in [5.41, 5.74) is 5.68. The van der Waals surface area contributed by atoms with E-state index >= 15 is 0 Å². The molecule has 0 aromatic heterocycles. The first-order valence-corrected chi connectivity index (χ1v) is 11.3. The van der Waals surface area contributed by atoms with Gasteiger partial charge in [-0.2, -0.15) is 5.10 Å². The van der Waals surface area contributed by atoms with Crippen LogP contribution in [-0.4, -0.2) is 37.7 Å². The van der Waals surface area contributed by atoms with E-state index in [2.05, 4.69) is 21.2 Å². The van der Waals surface area contributed by atoms with Crippen molar-refractivity contribution in [3.63, 3.8) is 0 Å². The zero-order valence-corrected chi connectivity index (χ0v) is 20.6. The fraction of sp³-hybridized carbons (Fsp3) is 0.185. The summed E-state index contributed by atoms with van der Waals surface area (Å²) in [5, 5.41) is 8.97. The van der Waals surface area contributed by atoms with Crippen LogP contribution in [0.25, 0.3) is 0 Å². The number of halogens is 1. The van der Waals surface area contributed by atoms with E-state index in [0.29, 0.717) is 17.0 Å². The molecule has 0 aliphatic heterocycles. The van der Waals surface area contributed by atoms with Crippen molar-refractivity contribution in [2.75, 3.05) is 24.4 Å². The second-order valence-electron chi connectivity index (χ2n) is 8.04. The first kappa shape index (κ1) is 26.9.